The van der Waals surface area contributed by atoms with E-state index < -0.39 is 0 Å². The highest BCUT2D eigenvalue weighted by Crippen LogP contribution is 2.35. The molecule has 1 aromatic carbocycles. The molecule has 94 valence electrons. The average Bonchev–Trinajstić information content (AvgIpc) is 3.01. The molecule has 1 fully saturated rings. The van der Waals surface area contributed by atoms with E-state index in [-0.39, 0.29) is 11.1 Å². The summed E-state index contributed by atoms with van der Waals surface area (Å²) in [6.07, 6.45) is 3.10. The first-order valence-corrected chi connectivity index (χ1v) is 6.44. The molecule has 0 aliphatic carbocycles. The van der Waals surface area contributed by atoms with Crippen LogP contribution in [0, 0.1) is 0 Å². The van der Waals surface area contributed by atoms with Gasteiger partial charge in [-0.1, -0.05) is 18.2 Å². The minimum absolute atomic E-state index is 0.297. The van der Waals surface area contributed by atoms with Crippen LogP contribution in [0.2, 0.25) is 0 Å². The molecule has 0 N–H and O–H groups in total. The normalized spacial score (nSPS) is 17.5. The van der Waals surface area contributed by atoms with Crippen LogP contribution in [-0.2, 0) is 4.79 Å². The molecule has 0 saturated carbocycles. The van der Waals surface area contributed by atoms with E-state index in [9.17, 15) is 9.59 Å². The van der Waals surface area contributed by atoms with E-state index in [4.69, 9.17) is 4.42 Å². The third-order valence-corrected chi connectivity index (χ3v) is 3.49. The molecule has 0 spiro atoms. The van der Waals surface area contributed by atoms with Gasteiger partial charge in [0.15, 0.2) is 0 Å². The van der Waals surface area contributed by atoms with Gasteiger partial charge in [-0.25, -0.2) is 4.90 Å². The number of carbonyl (C=O) groups is 2. The van der Waals surface area contributed by atoms with Crippen molar-refractivity contribution in [3.05, 3.63) is 59.4 Å². The maximum Gasteiger partial charge on any atom is 0.298 e. The number of hydrogen-bond acceptors (Lipinski definition) is 4. The Bertz CT molecular complexity index is 647. The summed E-state index contributed by atoms with van der Waals surface area (Å²) in [6, 6.07) is 12.3. The van der Waals surface area contributed by atoms with Crippen LogP contribution < -0.4 is 4.90 Å². The molecule has 1 aliphatic heterocycles. The summed E-state index contributed by atoms with van der Waals surface area (Å²) in [5, 5.41) is -0.297. The Labute approximate surface area is 113 Å². The van der Waals surface area contributed by atoms with E-state index in [0.717, 1.165) is 11.8 Å². The first-order valence-electron chi connectivity index (χ1n) is 5.62. The summed E-state index contributed by atoms with van der Waals surface area (Å²) in [5.74, 6) is 0.233. The number of furan rings is 1. The van der Waals surface area contributed by atoms with Gasteiger partial charge in [0.25, 0.3) is 11.1 Å². The highest BCUT2D eigenvalue weighted by atomic mass is 32.2. The molecule has 4 nitrogen and oxygen atoms in total. The Balaban J connectivity index is 1.94. The molecule has 3 rings (SSSR count). The molecule has 19 heavy (non-hydrogen) atoms. The third kappa shape index (κ3) is 2.20. The number of imide groups is 1. The van der Waals surface area contributed by atoms with Crippen LogP contribution in [0.25, 0.3) is 6.08 Å². The zero-order chi connectivity index (χ0) is 13.2. The molecule has 2 heterocycles. The maximum absolute atomic E-state index is 12.2. The fourth-order valence-corrected chi connectivity index (χ4v) is 2.59. The van der Waals surface area contributed by atoms with Gasteiger partial charge < -0.3 is 4.42 Å². The van der Waals surface area contributed by atoms with Crippen LogP contribution in [0.3, 0.4) is 0 Å². The predicted octanol–water partition coefficient (Wildman–Crippen LogP) is 3.52. The number of nitrogens with zero attached hydrogens (tertiary/aromatic N) is 1. The number of para-hydroxylation sites is 1. The molecular formula is C14H9NO3S. The van der Waals surface area contributed by atoms with Gasteiger partial charge >= 0.3 is 0 Å². The minimum atomic E-state index is -0.322. The number of benzene rings is 1. The van der Waals surface area contributed by atoms with Crippen molar-refractivity contribution in [1.29, 1.82) is 0 Å². The van der Waals surface area contributed by atoms with E-state index in [2.05, 4.69) is 0 Å². The Kier molecular flexibility index (Phi) is 2.97. The van der Waals surface area contributed by atoms with Crippen molar-refractivity contribution in [2.45, 2.75) is 0 Å². The second kappa shape index (κ2) is 4.78. The Hall–Kier alpha value is -2.27. The zero-order valence-electron chi connectivity index (χ0n) is 9.78. The van der Waals surface area contributed by atoms with Gasteiger partial charge in [-0.15, -0.1) is 0 Å². The summed E-state index contributed by atoms with van der Waals surface area (Å²) in [4.78, 5) is 25.7. The molecule has 0 atom stereocenters. The Morgan fingerprint density at radius 2 is 1.84 bits per heavy atom. The summed E-state index contributed by atoms with van der Waals surface area (Å²) < 4.78 is 5.15. The van der Waals surface area contributed by atoms with Crippen molar-refractivity contribution >= 4 is 34.7 Å². The highest BCUT2D eigenvalue weighted by Gasteiger charge is 2.36. The minimum Gasteiger partial charge on any atom is -0.465 e. The van der Waals surface area contributed by atoms with Gasteiger partial charge in [0.2, 0.25) is 0 Å². The van der Waals surface area contributed by atoms with Crippen molar-refractivity contribution < 1.29 is 14.0 Å². The zero-order valence-corrected chi connectivity index (χ0v) is 10.6. The largest absolute Gasteiger partial charge is 0.465 e. The third-order valence-electron chi connectivity index (χ3n) is 2.62. The molecule has 2 aromatic rings. The second-order valence-electron chi connectivity index (χ2n) is 3.87. The van der Waals surface area contributed by atoms with Crippen molar-refractivity contribution in [3.8, 4) is 0 Å². The summed E-state index contributed by atoms with van der Waals surface area (Å²) in [6.45, 7) is 0. The molecule has 1 aromatic heterocycles. The summed E-state index contributed by atoms with van der Waals surface area (Å²) >= 11 is 0.913. The van der Waals surface area contributed by atoms with Gasteiger partial charge in [-0.3, -0.25) is 9.59 Å². The molecule has 5 heteroatoms. The van der Waals surface area contributed by atoms with E-state index in [1.54, 1.807) is 42.5 Å². The van der Waals surface area contributed by atoms with Gasteiger partial charge in [-0.2, -0.15) is 0 Å². The highest BCUT2D eigenvalue weighted by molar-refractivity contribution is 8.19. The van der Waals surface area contributed by atoms with E-state index in [1.165, 1.54) is 11.2 Å². The predicted molar refractivity (Wildman–Crippen MR) is 73.6 cm³/mol. The quantitative estimate of drug-likeness (QED) is 0.784. The molecule has 2 amide bonds. The molecule has 1 aliphatic rings. The van der Waals surface area contributed by atoms with Gasteiger partial charge in [0, 0.05) is 6.08 Å². The van der Waals surface area contributed by atoms with E-state index in [0.29, 0.717) is 16.4 Å². The molecule has 1 saturated heterocycles. The lowest BCUT2D eigenvalue weighted by Crippen LogP contribution is -2.27. The van der Waals surface area contributed by atoms with Crippen LogP contribution in [0.15, 0.2) is 58.1 Å². The SMILES string of the molecule is O=C1S/C(=C\c2ccco2)C(=O)N1c1ccccc1. The topological polar surface area (TPSA) is 50.5 Å². The number of amides is 2. The number of thioether (sulfide) groups is 1. The van der Waals surface area contributed by atoms with Crippen LogP contribution >= 0.6 is 11.8 Å². The van der Waals surface area contributed by atoms with Crippen LogP contribution in [0.4, 0.5) is 10.5 Å². The Morgan fingerprint density at radius 3 is 2.53 bits per heavy atom. The lowest BCUT2D eigenvalue weighted by atomic mass is 10.3. The average molecular weight is 271 g/mol. The fourth-order valence-electron chi connectivity index (χ4n) is 1.77. The lowest BCUT2D eigenvalue weighted by molar-refractivity contribution is -0.113. The molecular weight excluding hydrogens is 262 g/mol. The standard InChI is InChI=1S/C14H9NO3S/c16-13-12(9-11-7-4-8-18-11)19-14(17)15(13)10-5-2-1-3-6-10/h1-9H/b12-9-. The fraction of sp³-hybridized carbons (Fsp3) is 0. The molecule has 0 bridgehead atoms. The van der Waals surface area contributed by atoms with Crippen molar-refractivity contribution in [3.63, 3.8) is 0 Å². The maximum atomic E-state index is 12.2. The van der Waals surface area contributed by atoms with E-state index >= 15 is 0 Å². The number of hydrogen-bond donors (Lipinski definition) is 0. The Morgan fingerprint density at radius 1 is 1.05 bits per heavy atom. The van der Waals surface area contributed by atoms with Gasteiger partial charge in [0.1, 0.15) is 5.76 Å². The van der Waals surface area contributed by atoms with Crippen LogP contribution in [-0.4, -0.2) is 11.1 Å². The van der Waals surface area contributed by atoms with Crippen LogP contribution in [0.1, 0.15) is 5.76 Å². The molecule has 0 radical (unpaired) electrons. The van der Waals surface area contributed by atoms with Gasteiger partial charge in [-0.05, 0) is 36.0 Å². The van der Waals surface area contributed by atoms with Crippen molar-refractivity contribution in [1.82, 2.24) is 0 Å². The molecule has 0 unspecified atom stereocenters. The second-order valence-corrected chi connectivity index (χ2v) is 4.86. The number of anilines is 1. The summed E-state index contributed by atoms with van der Waals surface area (Å²) in [5.41, 5.74) is 0.577. The number of carbonyl (C=O) groups excluding carboxylic acids is 2. The van der Waals surface area contributed by atoms with Crippen LogP contribution in [0.5, 0.6) is 0 Å². The first-order chi connectivity index (χ1) is 9.25. The summed E-state index contributed by atoms with van der Waals surface area (Å²) in [7, 11) is 0. The lowest BCUT2D eigenvalue weighted by Gasteiger charge is -2.11. The van der Waals surface area contributed by atoms with E-state index in [1.807, 2.05) is 6.07 Å². The van der Waals surface area contributed by atoms with Crippen molar-refractivity contribution in [2.75, 3.05) is 4.90 Å². The number of rotatable bonds is 2. The first kappa shape index (κ1) is 11.8. The van der Waals surface area contributed by atoms with Gasteiger partial charge in [0.05, 0.1) is 16.9 Å². The van der Waals surface area contributed by atoms with Crippen molar-refractivity contribution in [2.24, 2.45) is 0 Å². The smallest absolute Gasteiger partial charge is 0.298 e. The monoisotopic (exact) mass is 271 g/mol.